The van der Waals surface area contributed by atoms with E-state index in [-0.39, 0.29) is 0 Å². The van der Waals surface area contributed by atoms with Crippen LogP contribution in [0.1, 0.15) is 19.3 Å². The smallest absolute Gasteiger partial charge is 0.216 e. The molecular formula is C11H16N4O. The summed E-state index contributed by atoms with van der Waals surface area (Å²) in [6.45, 7) is 0.549. The largest absolute Gasteiger partial charge is 0.473 e. The molecule has 1 aliphatic rings. The van der Waals surface area contributed by atoms with Crippen LogP contribution in [0.2, 0.25) is 0 Å². The molecule has 0 fully saturated rings. The molecule has 0 atom stereocenters. The molecule has 4 N–H and O–H groups in total. The van der Waals surface area contributed by atoms with E-state index >= 15 is 0 Å². The third kappa shape index (κ3) is 3.01. The van der Waals surface area contributed by atoms with Crippen LogP contribution in [-0.2, 0) is 0 Å². The molecule has 0 saturated heterocycles. The van der Waals surface area contributed by atoms with E-state index in [1.807, 2.05) is 0 Å². The van der Waals surface area contributed by atoms with Crippen LogP contribution in [0.3, 0.4) is 0 Å². The average molecular weight is 220 g/mol. The highest BCUT2D eigenvalue weighted by molar-refractivity contribution is 5.13. The Labute approximate surface area is 94.5 Å². The van der Waals surface area contributed by atoms with Gasteiger partial charge in [-0.2, -0.15) is 0 Å². The van der Waals surface area contributed by atoms with Gasteiger partial charge in [-0.1, -0.05) is 6.08 Å². The minimum Gasteiger partial charge on any atom is -0.473 e. The van der Waals surface area contributed by atoms with Crippen molar-refractivity contribution in [1.29, 1.82) is 0 Å². The van der Waals surface area contributed by atoms with Crippen molar-refractivity contribution in [2.45, 2.75) is 24.9 Å². The van der Waals surface area contributed by atoms with E-state index in [4.69, 9.17) is 16.2 Å². The molecule has 0 amide bonds. The Kier molecular flexibility index (Phi) is 3.17. The molecule has 5 nitrogen and oxygen atoms in total. The molecule has 2 rings (SSSR count). The number of hydrogen-bond donors (Lipinski definition) is 2. The first-order valence-electron chi connectivity index (χ1n) is 5.30. The molecular weight excluding hydrogens is 204 g/mol. The number of aromatic nitrogens is 2. The van der Waals surface area contributed by atoms with Gasteiger partial charge in [0.2, 0.25) is 5.88 Å². The lowest BCUT2D eigenvalue weighted by atomic mass is 9.91. The zero-order valence-electron chi connectivity index (χ0n) is 9.10. The van der Waals surface area contributed by atoms with Crippen molar-refractivity contribution in [3.05, 3.63) is 30.2 Å². The van der Waals surface area contributed by atoms with Gasteiger partial charge in [-0.25, -0.2) is 9.97 Å². The second kappa shape index (κ2) is 4.59. The molecule has 0 spiro atoms. The van der Waals surface area contributed by atoms with Gasteiger partial charge in [0.1, 0.15) is 12.9 Å². The molecule has 0 bridgehead atoms. The highest BCUT2D eigenvalue weighted by Gasteiger charge is 2.22. The van der Waals surface area contributed by atoms with Gasteiger partial charge in [-0.15, -0.1) is 0 Å². The first kappa shape index (κ1) is 11.0. The predicted octanol–water partition coefficient (Wildman–Crippen LogP) is 0.579. The van der Waals surface area contributed by atoms with Crippen molar-refractivity contribution >= 4 is 0 Å². The van der Waals surface area contributed by atoms with E-state index in [9.17, 15) is 0 Å². The summed E-state index contributed by atoms with van der Waals surface area (Å²) in [6.07, 6.45) is 7.57. The average Bonchev–Trinajstić information content (AvgIpc) is 2.29. The van der Waals surface area contributed by atoms with Crippen molar-refractivity contribution in [3.8, 4) is 5.88 Å². The van der Waals surface area contributed by atoms with E-state index in [2.05, 4.69) is 16.0 Å². The third-order valence-corrected chi connectivity index (χ3v) is 2.64. The number of nitrogens with two attached hydrogens (primary N) is 2. The summed E-state index contributed by atoms with van der Waals surface area (Å²) in [6, 6.07) is 1.74. The molecule has 1 aromatic rings. The minimum absolute atomic E-state index is 0.543. The monoisotopic (exact) mass is 220 g/mol. The summed E-state index contributed by atoms with van der Waals surface area (Å²) < 4.78 is 5.51. The molecule has 0 aromatic carbocycles. The van der Waals surface area contributed by atoms with Crippen LogP contribution in [-0.4, -0.2) is 22.2 Å². The first-order valence-corrected chi connectivity index (χ1v) is 5.30. The Hall–Kier alpha value is -1.46. The molecule has 5 heteroatoms. The lowest BCUT2D eigenvalue weighted by Crippen LogP contribution is -2.50. The molecule has 1 heterocycles. The Morgan fingerprint density at radius 3 is 2.94 bits per heavy atom. The Balaban J connectivity index is 1.86. The summed E-state index contributed by atoms with van der Waals surface area (Å²) in [5, 5.41) is 0. The quantitative estimate of drug-likeness (QED) is 0.574. The molecule has 86 valence electrons. The second-order valence-electron chi connectivity index (χ2n) is 4.14. The van der Waals surface area contributed by atoms with Crippen molar-refractivity contribution in [1.82, 2.24) is 9.97 Å². The van der Waals surface area contributed by atoms with Crippen LogP contribution < -0.4 is 16.2 Å². The van der Waals surface area contributed by atoms with Crippen LogP contribution in [0.5, 0.6) is 5.88 Å². The maximum Gasteiger partial charge on any atom is 0.216 e. The summed E-state index contributed by atoms with van der Waals surface area (Å²) in [4.78, 5) is 7.80. The fourth-order valence-electron chi connectivity index (χ4n) is 1.59. The maximum absolute atomic E-state index is 5.82. The van der Waals surface area contributed by atoms with Gasteiger partial charge in [-0.05, 0) is 24.8 Å². The Bertz CT molecular complexity index is 375. The van der Waals surface area contributed by atoms with Gasteiger partial charge in [0.05, 0.1) is 5.66 Å². The summed E-state index contributed by atoms with van der Waals surface area (Å²) >= 11 is 0. The number of hydrogen-bond acceptors (Lipinski definition) is 5. The van der Waals surface area contributed by atoms with Gasteiger partial charge >= 0.3 is 0 Å². The molecule has 1 aromatic heterocycles. The van der Waals surface area contributed by atoms with Gasteiger partial charge in [-0.3, -0.25) is 0 Å². The standard InChI is InChI=1S/C11H16N4O/c12-11(13)4-1-9(2-5-11)7-16-10-3-6-14-8-15-10/h1,3,6,8H,2,4-5,7,12-13H2. The Morgan fingerprint density at radius 1 is 1.44 bits per heavy atom. The van der Waals surface area contributed by atoms with Gasteiger partial charge in [0, 0.05) is 12.3 Å². The van der Waals surface area contributed by atoms with Crippen molar-refractivity contribution < 1.29 is 4.74 Å². The van der Waals surface area contributed by atoms with Gasteiger partial charge in [0.25, 0.3) is 0 Å². The minimum atomic E-state index is -0.543. The van der Waals surface area contributed by atoms with E-state index in [0.717, 1.165) is 12.8 Å². The third-order valence-electron chi connectivity index (χ3n) is 2.64. The zero-order valence-corrected chi connectivity index (χ0v) is 9.10. The number of nitrogens with zero attached hydrogens (tertiary/aromatic N) is 2. The van der Waals surface area contributed by atoms with Crippen LogP contribution in [0.4, 0.5) is 0 Å². The van der Waals surface area contributed by atoms with Crippen LogP contribution in [0.15, 0.2) is 30.2 Å². The molecule has 16 heavy (non-hydrogen) atoms. The van der Waals surface area contributed by atoms with Gasteiger partial charge in [0.15, 0.2) is 0 Å². The van der Waals surface area contributed by atoms with Crippen molar-refractivity contribution in [3.63, 3.8) is 0 Å². The fraction of sp³-hybridized carbons (Fsp3) is 0.455. The van der Waals surface area contributed by atoms with Gasteiger partial charge < -0.3 is 16.2 Å². The summed E-state index contributed by atoms with van der Waals surface area (Å²) in [5.74, 6) is 0.591. The molecule has 0 saturated carbocycles. The molecule has 0 unspecified atom stereocenters. The molecule has 0 aliphatic heterocycles. The Morgan fingerprint density at radius 2 is 2.31 bits per heavy atom. The van der Waals surface area contributed by atoms with E-state index < -0.39 is 5.66 Å². The van der Waals surface area contributed by atoms with Crippen molar-refractivity contribution in [2.75, 3.05) is 6.61 Å². The predicted molar refractivity (Wildman–Crippen MR) is 60.6 cm³/mol. The first-order chi connectivity index (χ1) is 7.66. The fourth-order valence-corrected chi connectivity index (χ4v) is 1.59. The highest BCUT2D eigenvalue weighted by atomic mass is 16.5. The number of rotatable bonds is 3. The van der Waals surface area contributed by atoms with E-state index in [0.29, 0.717) is 18.9 Å². The van der Waals surface area contributed by atoms with Crippen LogP contribution in [0, 0.1) is 0 Å². The SMILES string of the molecule is NC1(N)CC=C(COc2ccncn2)CC1. The molecule has 0 radical (unpaired) electrons. The van der Waals surface area contributed by atoms with Crippen LogP contribution in [0.25, 0.3) is 0 Å². The number of ether oxygens (including phenoxy) is 1. The van der Waals surface area contributed by atoms with Crippen LogP contribution >= 0.6 is 0 Å². The lowest BCUT2D eigenvalue weighted by Gasteiger charge is -2.28. The summed E-state index contributed by atoms with van der Waals surface area (Å²) in [7, 11) is 0. The maximum atomic E-state index is 5.82. The normalized spacial score (nSPS) is 19.0. The zero-order chi connectivity index (χ0) is 11.4. The lowest BCUT2D eigenvalue weighted by molar-refractivity contribution is 0.315. The second-order valence-corrected chi connectivity index (χ2v) is 4.14. The highest BCUT2D eigenvalue weighted by Crippen LogP contribution is 2.21. The summed E-state index contributed by atoms with van der Waals surface area (Å²) in [5.41, 5.74) is 12.3. The molecule has 1 aliphatic carbocycles. The topological polar surface area (TPSA) is 87.0 Å². The van der Waals surface area contributed by atoms with Crippen molar-refractivity contribution in [2.24, 2.45) is 11.5 Å². The van der Waals surface area contributed by atoms with E-state index in [1.165, 1.54) is 11.9 Å². The van der Waals surface area contributed by atoms with E-state index in [1.54, 1.807) is 12.3 Å².